The Morgan fingerprint density at radius 1 is 1.36 bits per heavy atom. The van der Waals surface area contributed by atoms with Gasteiger partial charge in [0.25, 0.3) is 0 Å². The van der Waals surface area contributed by atoms with Crippen LogP contribution in [0.25, 0.3) is 0 Å². The summed E-state index contributed by atoms with van der Waals surface area (Å²) >= 11 is 2.14. The molecule has 0 spiro atoms. The predicted molar refractivity (Wildman–Crippen MR) is 56.3 cm³/mol. The molecule has 0 aromatic carbocycles. The quantitative estimate of drug-likeness (QED) is 0.787. The van der Waals surface area contributed by atoms with Crippen LogP contribution < -0.4 is 5.32 Å². The van der Waals surface area contributed by atoms with E-state index < -0.39 is 0 Å². The molecule has 2 aromatic heterocycles. The van der Waals surface area contributed by atoms with Crippen molar-refractivity contribution in [2.24, 2.45) is 0 Å². The molecule has 2 N–H and O–H groups in total. The summed E-state index contributed by atoms with van der Waals surface area (Å²) in [7, 11) is 0. The number of H-pyrrole nitrogens is 1. The van der Waals surface area contributed by atoms with Gasteiger partial charge in [-0.1, -0.05) is 5.21 Å². The second kappa shape index (κ2) is 4.26. The minimum Gasteiger partial charge on any atom is -0.347 e. The standard InChI is InChI=1S/C6H6IN7/c7-4-1-8-6(9-2-4)10-3-5-11-13-14-12-5/h1-2H,3H2,(H,8,9,10)(H,11,12,13,14). The fourth-order valence-electron chi connectivity index (χ4n) is 0.819. The first-order chi connectivity index (χ1) is 6.84. The molecule has 0 bridgehead atoms. The summed E-state index contributed by atoms with van der Waals surface area (Å²) in [5, 5.41) is 16.3. The minimum atomic E-state index is 0.455. The average Bonchev–Trinajstić information content (AvgIpc) is 2.70. The van der Waals surface area contributed by atoms with Crippen molar-refractivity contribution in [2.45, 2.75) is 6.54 Å². The van der Waals surface area contributed by atoms with Gasteiger partial charge in [0.1, 0.15) is 0 Å². The second-order valence-electron chi connectivity index (χ2n) is 2.41. The summed E-state index contributed by atoms with van der Waals surface area (Å²) in [6, 6.07) is 0. The highest BCUT2D eigenvalue weighted by atomic mass is 127. The lowest BCUT2D eigenvalue weighted by Gasteiger charge is -1.99. The Labute approximate surface area is 92.9 Å². The molecule has 7 nitrogen and oxygen atoms in total. The van der Waals surface area contributed by atoms with Gasteiger partial charge < -0.3 is 5.32 Å². The van der Waals surface area contributed by atoms with E-state index in [1.165, 1.54) is 0 Å². The summed E-state index contributed by atoms with van der Waals surface area (Å²) in [6.45, 7) is 0.455. The van der Waals surface area contributed by atoms with Crippen molar-refractivity contribution < 1.29 is 0 Å². The fraction of sp³-hybridized carbons (Fsp3) is 0.167. The molecular formula is C6H6IN7. The first kappa shape index (κ1) is 9.24. The summed E-state index contributed by atoms with van der Waals surface area (Å²) in [6.07, 6.45) is 3.46. The van der Waals surface area contributed by atoms with E-state index in [1.54, 1.807) is 12.4 Å². The number of nitrogens with zero attached hydrogens (tertiary/aromatic N) is 5. The molecule has 2 aromatic rings. The molecule has 0 saturated heterocycles. The third-order valence-electron chi connectivity index (χ3n) is 1.41. The molecule has 0 aliphatic carbocycles. The van der Waals surface area contributed by atoms with E-state index in [1.807, 2.05) is 0 Å². The molecule has 0 aliphatic heterocycles. The van der Waals surface area contributed by atoms with Gasteiger partial charge in [-0.15, -0.1) is 10.2 Å². The first-order valence-electron chi connectivity index (χ1n) is 3.78. The van der Waals surface area contributed by atoms with Crippen molar-refractivity contribution in [3.05, 3.63) is 21.8 Å². The average molecular weight is 303 g/mol. The number of nitrogens with one attached hydrogen (secondary N) is 2. The second-order valence-corrected chi connectivity index (χ2v) is 3.65. The highest BCUT2D eigenvalue weighted by Crippen LogP contribution is 2.03. The van der Waals surface area contributed by atoms with Crippen LogP contribution in [0.5, 0.6) is 0 Å². The molecule has 0 unspecified atom stereocenters. The van der Waals surface area contributed by atoms with Crippen molar-refractivity contribution in [2.75, 3.05) is 5.32 Å². The van der Waals surface area contributed by atoms with Crippen LogP contribution in [0.15, 0.2) is 12.4 Å². The van der Waals surface area contributed by atoms with Crippen molar-refractivity contribution >= 4 is 28.5 Å². The lowest BCUT2D eigenvalue weighted by Crippen LogP contribution is -2.04. The monoisotopic (exact) mass is 303 g/mol. The zero-order chi connectivity index (χ0) is 9.80. The van der Waals surface area contributed by atoms with Crippen LogP contribution in [0.4, 0.5) is 5.95 Å². The first-order valence-corrected chi connectivity index (χ1v) is 4.86. The Hall–Kier alpha value is -1.32. The number of hydrogen-bond donors (Lipinski definition) is 2. The van der Waals surface area contributed by atoms with Crippen LogP contribution in [0.2, 0.25) is 0 Å². The van der Waals surface area contributed by atoms with Crippen LogP contribution >= 0.6 is 22.6 Å². The Kier molecular flexibility index (Phi) is 2.81. The molecule has 0 amide bonds. The van der Waals surface area contributed by atoms with Gasteiger partial charge in [-0.05, 0) is 22.6 Å². The zero-order valence-electron chi connectivity index (χ0n) is 6.98. The van der Waals surface area contributed by atoms with Crippen LogP contribution in [0.1, 0.15) is 5.82 Å². The molecule has 0 aliphatic rings. The number of aromatic nitrogens is 6. The number of rotatable bonds is 3. The molecule has 72 valence electrons. The number of hydrogen-bond acceptors (Lipinski definition) is 6. The molecule has 2 heterocycles. The Bertz CT molecular complexity index is 383. The van der Waals surface area contributed by atoms with Gasteiger partial charge in [-0.3, -0.25) is 0 Å². The predicted octanol–water partition coefficient (Wildman–Crippen LogP) is 0.206. The Morgan fingerprint density at radius 3 is 2.79 bits per heavy atom. The van der Waals surface area contributed by atoms with E-state index >= 15 is 0 Å². The molecule has 0 radical (unpaired) electrons. The van der Waals surface area contributed by atoms with Crippen molar-refractivity contribution in [1.82, 2.24) is 30.6 Å². The number of tetrazole rings is 1. The van der Waals surface area contributed by atoms with Gasteiger partial charge >= 0.3 is 0 Å². The summed E-state index contributed by atoms with van der Waals surface area (Å²) in [5.74, 6) is 1.13. The minimum absolute atomic E-state index is 0.455. The van der Waals surface area contributed by atoms with Gasteiger partial charge in [0.05, 0.1) is 6.54 Å². The number of halogens is 1. The van der Waals surface area contributed by atoms with Gasteiger partial charge in [0.2, 0.25) is 5.95 Å². The van der Waals surface area contributed by atoms with Crippen LogP contribution in [0, 0.1) is 3.57 Å². The molecule has 0 saturated carbocycles. The fourth-order valence-corrected chi connectivity index (χ4v) is 1.10. The van der Waals surface area contributed by atoms with E-state index in [4.69, 9.17) is 0 Å². The number of anilines is 1. The van der Waals surface area contributed by atoms with Crippen LogP contribution in [-0.4, -0.2) is 30.6 Å². The van der Waals surface area contributed by atoms with Gasteiger partial charge in [0, 0.05) is 16.0 Å². The topological polar surface area (TPSA) is 92.3 Å². The third kappa shape index (κ3) is 2.34. The Morgan fingerprint density at radius 2 is 2.14 bits per heavy atom. The number of aromatic amines is 1. The zero-order valence-corrected chi connectivity index (χ0v) is 9.13. The van der Waals surface area contributed by atoms with Gasteiger partial charge in [-0.2, -0.15) is 5.21 Å². The maximum absolute atomic E-state index is 4.06. The summed E-state index contributed by atoms with van der Waals surface area (Å²) in [5.41, 5.74) is 0. The van der Waals surface area contributed by atoms with E-state index in [-0.39, 0.29) is 0 Å². The van der Waals surface area contributed by atoms with Gasteiger partial charge in [0.15, 0.2) is 5.82 Å². The lowest BCUT2D eigenvalue weighted by atomic mass is 10.6. The van der Waals surface area contributed by atoms with Gasteiger partial charge in [-0.25, -0.2) is 9.97 Å². The van der Waals surface area contributed by atoms with E-state index in [2.05, 4.69) is 58.5 Å². The largest absolute Gasteiger partial charge is 0.347 e. The Balaban J connectivity index is 1.95. The molecular weight excluding hydrogens is 297 g/mol. The van der Waals surface area contributed by atoms with E-state index in [0.717, 1.165) is 3.57 Å². The highest BCUT2D eigenvalue weighted by molar-refractivity contribution is 14.1. The molecule has 2 rings (SSSR count). The van der Waals surface area contributed by atoms with Crippen molar-refractivity contribution in [1.29, 1.82) is 0 Å². The highest BCUT2D eigenvalue weighted by Gasteiger charge is 1.99. The van der Waals surface area contributed by atoms with Crippen LogP contribution in [0.3, 0.4) is 0 Å². The smallest absolute Gasteiger partial charge is 0.223 e. The SMILES string of the molecule is Ic1cnc(NCc2nn[nH]n2)nc1. The molecule has 0 fully saturated rings. The van der Waals surface area contributed by atoms with E-state index in [9.17, 15) is 0 Å². The normalized spacial score (nSPS) is 10.1. The molecule has 14 heavy (non-hydrogen) atoms. The van der Waals surface area contributed by atoms with E-state index in [0.29, 0.717) is 18.3 Å². The lowest BCUT2D eigenvalue weighted by molar-refractivity contribution is 0.881. The summed E-state index contributed by atoms with van der Waals surface area (Å²) < 4.78 is 0.993. The maximum Gasteiger partial charge on any atom is 0.223 e. The van der Waals surface area contributed by atoms with Crippen LogP contribution in [-0.2, 0) is 6.54 Å². The van der Waals surface area contributed by atoms with Crippen molar-refractivity contribution in [3.8, 4) is 0 Å². The summed E-state index contributed by atoms with van der Waals surface area (Å²) in [4.78, 5) is 8.12. The molecule has 0 atom stereocenters. The third-order valence-corrected chi connectivity index (χ3v) is 1.97. The maximum atomic E-state index is 4.06. The molecule has 8 heteroatoms. The van der Waals surface area contributed by atoms with Crippen molar-refractivity contribution in [3.63, 3.8) is 0 Å².